The summed E-state index contributed by atoms with van der Waals surface area (Å²) in [4.78, 5) is 0. The minimum absolute atomic E-state index is 0.00710. The topological polar surface area (TPSA) is 158 Å². The van der Waals surface area contributed by atoms with Crippen molar-refractivity contribution in [3.05, 3.63) is 40.0 Å². The molecule has 5 N–H and O–H groups in total. The quantitative estimate of drug-likeness (QED) is 0.534. The number of methoxy groups -OCH3 is 1. The first-order valence-electron chi connectivity index (χ1n) is 8.54. The van der Waals surface area contributed by atoms with E-state index < -0.39 is 24.5 Å². The zero-order valence-electron chi connectivity index (χ0n) is 15.3. The Labute approximate surface area is 171 Å². The van der Waals surface area contributed by atoms with Crippen LogP contribution < -0.4 is 10.5 Å². The van der Waals surface area contributed by atoms with Crippen molar-refractivity contribution in [2.24, 2.45) is 0 Å². The van der Waals surface area contributed by atoms with Gasteiger partial charge in [0.1, 0.15) is 52.2 Å². The molecular weight excluding hydrogens is 396 g/mol. The van der Waals surface area contributed by atoms with Gasteiger partial charge in [-0.05, 0) is 17.7 Å². The smallest absolute Gasteiger partial charge is 0.165 e. The van der Waals surface area contributed by atoms with Gasteiger partial charge in [0, 0.05) is 5.56 Å². The molecule has 0 bridgehead atoms. The van der Waals surface area contributed by atoms with Crippen molar-refractivity contribution in [3.63, 3.8) is 0 Å². The molecule has 1 aromatic carbocycles. The predicted molar refractivity (Wildman–Crippen MR) is 104 cm³/mol. The largest absolute Gasteiger partial charge is 0.497 e. The molecule has 0 spiro atoms. The number of nitrogens with two attached hydrogens (primary N) is 1. The summed E-state index contributed by atoms with van der Waals surface area (Å²) in [5, 5.41) is 49.5. The van der Waals surface area contributed by atoms with E-state index in [-0.39, 0.29) is 33.8 Å². The molecule has 150 valence electrons. The summed E-state index contributed by atoms with van der Waals surface area (Å²) in [7, 11) is 1.52. The van der Waals surface area contributed by atoms with Gasteiger partial charge in [0.15, 0.2) is 6.23 Å². The predicted octanol–water partition coefficient (Wildman–Crippen LogP) is 0.830. The number of aromatic nitrogens is 1. The van der Waals surface area contributed by atoms with Crippen LogP contribution in [0.25, 0.3) is 11.1 Å². The number of anilines is 1. The summed E-state index contributed by atoms with van der Waals surface area (Å²) in [5.74, 6) is 0.463. The summed E-state index contributed by atoms with van der Waals surface area (Å²) < 4.78 is 11.6. The van der Waals surface area contributed by atoms with Crippen LogP contribution in [0, 0.1) is 27.3 Å². The first kappa shape index (κ1) is 20.7. The minimum Gasteiger partial charge on any atom is -0.497 e. The Morgan fingerprint density at radius 3 is 2.31 bits per heavy atom. The van der Waals surface area contributed by atoms with Crippen LogP contribution in [0.3, 0.4) is 0 Å². The molecule has 1 aliphatic rings. The second-order valence-corrected chi connectivity index (χ2v) is 6.80. The zero-order chi connectivity index (χ0) is 21.3. The van der Waals surface area contributed by atoms with Crippen LogP contribution in [0.1, 0.15) is 17.4 Å². The van der Waals surface area contributed by atoms with E-state index >= 15 is 0 Å². The number of rotatable bonds is 3. The Bertz CT molecular complexity index is 1070. The fourth-order valence-corrected chi connectivity index (χ4v) is 3.59. The average molecular weight is 414 g/mol. The minimum atomic E-state index is -1.57. The highest BCUT2D eigenvalue weighted by atomic mass is 32.1. The molecule has 0 radical (unpaired) electrons. The number of benzene rings is 1. The molecule has 2 aromatic rings. The van der Waals surface area contributed by atoms with Crippen LogP contribution in [0.5, 0.6) is 5.75 Å². The molecule has 1 fully saturated rings. The van der Waals surface area contributed by atoms with Gasteiger partial charge in [-0.15, -0.1) is 0 Å². The normalized spacial score (nSPS) is 23.8. The molecular formula is C19H18N4O5S. The molecule has 9 nitrogen and oxygen atoms in total. The van der Waals surface area contributed by atoms with Crippen molar-refractivity contribution in [1.29, 1.82) is 10.5 Å². The number of aliphatic hydroxyl groups is 3. The van der Waals surface area contributed by atoms with Gasteiger partial charge in [0.2, 0.25) is 0 Å². The number of nitrogen functional groups attached to an aromatic ring is 1. The highest BCUT2D eigenvalue weighted by Crippen LogP contribution is 2.36. The van der Waals surface area contributed by atoms with E-state index in [1.54, 1.807) is 24.3 Å². The molecule has 0 unspecified atom stereocenters. The van der Waals surface area contributed by atoms with Crippen molar-refractivity contribution in [2.45, 2.75) is 24.5 Å². The Kier molecular flexibility index (Phi) is 5.84. The lowest BCUT2D eigenvalue weighted by molar-refractivity contribution is -0.210. The summed E-state index contributed by atoms with van der Waals surface area (Å²) in [6.45, 7) is -0.284. The number of nitriles is 2. The molecule has 10 heteroatoms. The van der Waals surface area contributed by atoms with Gasteiger partial charge in [-0.2, -0.15) is 10.5 Å². The Morgan fingerprint density at radius 2 is 1.76 bits per heavy atom. The lowest BCUT2D eigenvalue weighted by atomic mass is 9.95. The van der Waals surface area contributed by atoms with E-state index in [2.05, 4.69) is 0 Å². The fraction of sp³-hybridized carbons (Fsp3) is 0.316. The third kappa shape index (κ3) is 3.44. The zero-order valence-corrected chi connectivity index (χ0v) is 16.1. The third-order valence-electron chi connectivity index (χ3n) is 4.78. The van der Waals surface area contributed by atoms with Crippen LogP contribution in [-0.4, -0.2) is 51.9 Å². The average Bonchev–Trinajstić information content (AvgIpc) is 2.73. The second-order valence-electron chi connectivity index (χ2n) is 6.41. The van der Waals surface area contributed by atoms with E-state index in [1.165, 1.54) is 7.11 Å². The number of nitrogens with zero attached hydrogens (tertiary/aromatic N) is 3. The first-order valence-corrected chi connectivity index (χ1v) is 8.94. The maximum atomic E-state index is 10.3. The molecule has 1 saturated heterocycles. The third-order valence-corrected chi connectivity index (χ3v) is 5.18. The Morgan fingerprint density at radius 1 is 1.14 bits per heavy atom. The van der Waals surface area contributed by atoms with Crippen LogP contribution in [0.15, 0.2) is 24.3 Å². The van der Waals surface area contributed by atoms with Gasteiger partial charge in [-0.1, -0.05) is 24.4 Å². The SMILES string of the molecule is COc1ccc(-c2c(C#N)c(N)n([C@H]3OC[C@@H](O)[C@@H](O)[C@@H]3O)c(=S)c2C#N)cc1. The summed E-state index contributed by atoms with van der Waals surface area (Å²) >= 11 is 5.42. The van der Waals surface area contributed by atoms with E-state index in [9.17, 15) is 25.8 Å². The Balaban J connectivity index is 2.26. The van der Waals surface area contributed by atoms with Gasteiger partial charge >= 0.3 is 0 Å². The first-order chi connectivity index (χ1) is 13.8. The van der Waals surface area contributed by atoms with Gasteiger partial charge < -0.3 is 30.5 Å². The lowest BCUT2D eigenvalue weighted by Gasteiger charge is -2.37. The number of aliphatic hydroxyl groups excluding tert-OH is 3. The highest BCUT2D eigenvalue weighted by molar-refractivity contribution is 7.71. The van der Waals surface area contributed by atoms with Crippen molar-refractivity contribution < 1.29 is 24.8 Å². The molecule has 29 heavy (non-hydrogen) atoms. The molecule has 1 aliphatic heterocycles. The van der Waals surface area contributed by atoms with E-state index in [4.69, 9.17) is 27.4 Å². The summed E-state index contributed by atoms with van der Waals surface area (Å²) in [5.41, 5.74) is 6.94. The molecule has 2 heterocycles. The Hall–Kier alpha value is -2.99. The van der Waals surface area contributed by atoms with Gasteiger partial charge in [0.25, 0.3) is 0 Å². The number of ether oxygens (including phenoxy) is 2. The van der Waals surface area contributed by atoms with Crippen LogP contribution in [0.2, 0.25) is 0 Å². The summed E-state index contributed by atoms with van der Waals surface area (Å²) in [6.07, 6.45) is -5.64. The maximum absolute atomic E-state index is 10.3. The number of hydrogen-bond acceptors (Lipinski definition) is 9. The van der Waals surface area contributed by atoms with E-state index in [1.807, 2.05) is 12.1 Å². The van der Waals surface area contributed by atoms with Crippen LogP contribution in [-0.2, 0) is 4.74 Å². The summed E-state index contributed by atoms with van der Waals surface area (Å²) in [6, 6.07) is 10.7. The van der Waals surface area contributed by atoms with Crippen molar-refractivity contribution in [2.75, 3.05) is 19.5 Å². The fourth-order valence-electron chi connectivity index (χ4n) is 3.24. The number of pyridine rings is 1. The van der Waals surface area contributed by atoms with E-state index in [0.717, 1.165) is 4.57 Å². The molecule has 0 saturated carbocycles. The molecule has 4 atom stereocenters. The number of hydrogen-bond donors (Lipinski definition) is 4. The highest BCUT2D eigenvalue weighted by Gasteiger charge is 2.40. The van der Waals surface area contributed by atoms with Crippen molar-refractivity contribution in [3.8, 4) is 29.0 Å². The van der Waals surface area contributed by atoms with Gasteiger partial charge in [0.05, 0.1) is 19.3 Å². The van der Waals surface area contributed by atoms with E-state index in [0.29, 0.717) is 11.3 Å². The van der Waals surface area contributed by atoms with Crippen molar-refractivity contribution in [1.82, 2.24) is 4.57 Å². The maximum Gasteiger partial charge on any atom is 0.165 e. The molecule has 1 aromatic heterocycles. The second kappa shape index (κ2) is 8.17. The molecule has 0 aliphatic carbocycles. The monoisotopic (exact) mass is 414 g/mol. The van der Waals surface area contributed by atoms with Crippen LogP contribution >= 0.6 is 12.2 Å². The van der Waals surface area contributed by atoms with Gasteiger partial charge in [-0.3, -0.25) is 4.57 Å². The molecule has 3 rings (SSSR count). The molecule has 0 amide bonds. The van der Waals surface area contributed by atoms with Gasteiger partial charge in [-0.25, -0.2) is 0 Å². The lowest BCUT2D eigenvalue weighted by Crippen LogP contribution is -2.51. The standard InChI is InChI=1S/C19H18N4O5S/c1-27-10-4-2-9(3-5-10)14-11(6-20)17(22)23(19(29)12(14)7-21)18-16(26)15(25)13(24)8-28-18/h2-5,13,15-16,18,24-26H,8,22H2,1H3/t13-,15-,16+,18+/m1/s1. The van der Waals surface area contributed by atoms with Crippen molar-refractivity contribution >= 4 is 18.0 Å². The van der Waals surface area contributed by atoms with Crippen LogP contribution in [0.4, 0.5) is 5.82 Å².